The third-order valence-electron chi connectivity index (χ3n) is 4.19. The van der Waals surface area contributed by atoms with Crippen molar-refractivity contribution in [2.45, 2.75) is 83.7 Å². The zero-order chi connectivity index (χ0) is 15.7. The van der Waals surface area contributed by atoms with Gasteiger partial charge in [-0.2, -0.15) is 0 Å². The molecule has 0 aromatic heterocycles. The van der Waals surface area contributed by atoms with Crippen molar-refractivity contribution in [2.24, 2.45) is 0 Å². The molecule has 0 radical (unpaired) electrons. The Morgan fingerprint density at radius 1 is 1.24 bits per heavy atom. The molecule has 0 aromatic carbocycles. The maximum Gasteiger partial charge on any atom is 0.323 e. The molecule has 1 aliphatic rings. The summed E-state index contributed by atoms with van der Waals surface area (Å²) in [4.78, 5) is 24.8. The van der Waals surface area contributed by atoms with Crippen molar-refractivity contribution in [1.82, 2.24) is 10.2 Å². The number of nitrogens with zero attached hydrogens (tertiary/aromatic N) is 1. The zero-order valence-corrected chi connectivity index (χ0v) is 13.4. The van der Waals surface area contributed by atoms with E-state index in [0.717, 1.165) is 38.5 Å². The van der Waals surface area contributed by atoms with Crippen molar-refractivity contribution in [2.75, 3.05) is 6.54 Å². The number of rotatable bonds is 9. The van der Waals surface area contributed by atoms with Crippen LogP contribution < -0.4 is 5.32 Å². The van der Waals surface area contributed by atoms with Crippen LogP contribution in [0.4, 0.5) is 4.79 Å². The highest BCUT2D eigenvalue weighted by Gasteiger charge is 2.28. The molecule has 5 heteroatoms. The number of carbonyl (C=O) groups is 2. The second-order valence-electron chi connectivity index (χ2n) is 6.16. The van der Waals surface area contributed by atoms with Gasteiger partial charge in [-0.15, -0.1) is 0 Å². The predicted octanol–water partition coefficient (Wildman–Crippen LogP) is 3.38. The summed E-state index contributed by atoms with van der Waals surface area (Å²) in [6, 6.07) is -0.0206. The number of unbranched alkanes of at least 4 members (excludes halogenated alkanes) is 3. The molecule has 1 fully saturated rings. The van der Waals surface area contributed by atoms with E-state index in [0.29, 0.717) is 0 Å². The second-order valence-corrected chi connectivity index (χ2v) is 6.16. The summed E-state index contributed by atoms with van der Waals surface area (Å²) < 4.78 is 0. The fourth-order valence-electron chi connectivity index (χ4n) is 2.97. The summed E-state index contributed by atoms with van der Waals surface area (Å²) in [7, 11) is 0. The average molecular weight is 298 g/mol. The van der Waals surface area contributed by atoms with Crippen molar-refractivity contribution < 1.29 is 14.7 Å². The third kappa shape index (κ3) is 6.82. The van der Waals surface area contributed by atoms with Crippen LogP contribution in [0.1, 0.15) is 71.6 Å². The quantitative estimate of drug-likeness (QED) is 0.641. The van der Waals surface area contributed by atoms with Crippen LogP contribution in [0, 0.1) is 0 Å². The van der Waals surface area contributed by atoms with Crippen LogP contribution in [-0.4, -0.2) is 40.6 Å². The Balaban J connectivity index is 2.41. The highest BCUT2D eigenvalue weighted by molar-refractivity contribution is 5.80. The molecule has 0 heterocycles. The van der Waals surface area contributed by atoms with Gasteiger partial charge < -0.3 is 15.3 Å². The van der Waals surface area contributed by atoms with Gasteiger partial charge in [0.2, 0.25) is 0 Å². The van der Waals surface area contributed by atoms with E-state index in [2.05, 4.69) is 12.2 Å². The van der Waals surface area contributed by atoms with E-state index in [4.69, 9.17) is 5.11 Å². The van der Waals surface area contributed by atoms with Crippen LogP contribution in [0.5, 0.6) is 0 Å². The summed E-state index contributed by atoms with van der Waals surface area (Å²) in [5, 5.41) is 12.0. The first-order chi connectivity index (χ1) is 10.0. The van der Waals surface area contributed by atoms with E-state index >= 15 is 0 Å². The van der Waals surface area contributed by atoms with Crippen molar-refractivity contribution >= 4 is 12.0 Å². The summed E-state index contributed by atoms with van der Waals surface area (Å²) in [5.74, 6) is -0.937. The summed E-state index contributed by atoms with van der Waals surface area (Å²) in [6.07, 6.45) is 9.70. The summed E-state index contributed by atoms with van der Waals surface area (Å²) in [6.45, 7) is 3.98. The van der Waals surface area contributed by atoms with Crippen molar-refractivity contribution in [3.63, 3.8) is 0 Å². The van der Waals surface area contributed by atoms with Gasteiger partial charge in [0.1, 0.15) is 6.54 Å². The third-order valence-corrected chi connectivity index (χ3v) is 4.19. The minimum absolute atomic E-state index is 0.0911. The van der Waals surface area contributed by atoms with Crippen molar-refractivity contribution in [3.05, 3.63) is 0 Å². The number of hydrogen-bond donors (Lipinski definition) is 2. The summed E-state index contributed by atoms with van der Waals surface area (Å²) in [5.41, 5.74) is 0. The van der Waals surface area contributed by atoms with Crippen LogP contribution in [0.3, 0.4) is 0 Å². The SMILES string of the molecule is CCCCCCC(C)NC(=O)N(CC(=O)O)C1CCCC1. The van der Waals surface area contributed by atoms with Crippen molar-refractivity contribution in [1.29, 1.82) is 0 Å². The number of hydrogen-bond acceptors (Lipinski definition) is 2. The monoisotopic (exact) mass is 298 g/mol. The Morgan fingerprint density at radius 3 is 2.48 bits per heavy atom. The van der Waals surface area contributed by atoms with E-state index in [9.17, 15) is 9.59 Å². The smallest absolute Gasteiger partial charge is 0.323 e. The van der Waals surface area contributed by atoms with Crippen LogP contribution in [0.25, 0.3) is 0 Å². The molecule has 122 valence electrons. The van der Waals surface area contributed by atoms with E-state index in [-0.39, 0.29) is 24.7 Å². The molecule has 1 rings (SSSR count). The molecule has 0 aromatic rings. The van der Waals surface area contributed by atoms with Gasteiger partial charge in [0, 0.05) is 12.1 Å². The van der Waals surface area contributed by atoms with Crippen LogP contribution in [-0.2, 0) is 4.79 Å². The van der Waals surface area contributed by atoms with E-state index in [1.807, 2.05) is 6.92 Å². The highest BCUT2D eigenvalue weighted by Crippen LogP contribution is 2.23. The molecule has 1 atom stereocenters. The standard InChI is InChI=1S/C16H30N2O3/c1-3-4-5-6-9-13(2)17-16(21)18(12-15(19)20)14-10-7-8-11-14/h13-14H,3-12H2,1-2H3,(H,17,21)(H,19,20). The van der Waals surface area contributed by atoms with Crippen LogP contribution in [0.2, 0.25) is 0 Å². The zero-order valence-electron chi connectivity index (χ0n) is 13.4. The van der Waals surface area contributed by atoms with E-state index in [1.165, 1.54) is 24.2 Å². The average Bonchev–Trinajstić information content (AvgIpc) is 2.94. The number of carboxylic acid groups (broad SMARTS) is 1. The molecule has 1 saturated carbocycles. The molecule has 5 nitrogen and oxygen atoms in total. The molecule has 1 aliphatic carbocycles. The fourth-order valence-corrected chi connectivity index (χ4v) is 2.97. The number of nitrogens with one attached hydrogen (secondary N) is 1. The Bertz CT molecular complexity index is 327. The number of urea groups is 1. The molecule has 0 aliphatic heterocycles. The lowest BCUT2D eigenvalue weighted by molar-refractivity contribution is -0.138. The lowest BCUT2D eigenvalue weighted by Gasteiger charge is -2.29. The Hall–Kier alpha value is -1.26. The van der Waals surface area contributed by atoms with Crippen molar-refractivity contribution in [3.8, 4) is 0 Å². The van der Waals surface area contributed by atoms with Gasteiger partial charge in [-0.1, -0.05) is 45.4 Å². The highest BCUT2D eigenvalue weighted by atomic mass is 16.4. The lowest BCUT2D eigenvalue weighted by Crippen LogP contribution is -2.49. The second kappa shape index (κ2) is 9.64. The molecule has 0 saturated heterocycles. The molecular formula is C16H30N2O3. The first-order valence-corrected chi connectivity index (χ1v) is 8.33. The number of aliphatic carboxylic acids is 1. The number of carboxylic acids is 1. The molecule has 1 unspecified atom stereocenters. The molecule has 2 amide bonds. The Morgan fingerprint density at radius 2 is 1.90 bits per heavy atom. The largest absolute Gasteiger partial charge is 0.480 e. The van der Waals surface area contributed by atoms with Gasteiger partial charge in [0.25, 0.3) is 0 Å². The fraction of sp³-hybridized carbons (Fsp3) is 0.875. The van der Waals surface area contributed by atoms with Gasteiger partial charge in [-0.25, -0.2) is 4.79 Å². The first kappa shape index (κ1) is 17.8. The van der Waals surface area contributed by atoms with Gasteiger partial charge in [-0.3, -0.25) is 4.79 Å². The van der Waals surface area contributed by atoms with Crippen LogP contribution >= 0.6 is 0 Å². The minimum atomic E-state index is -0.937. The number of amides is 2. The number of carbonyl (C=O) groups excluding carboxylic acids is 1. The van der Waals surface area contributed by atoms with Gasteiger partial charge in [0.15, 0.2) is 0 Å². The molecular weight excluding hydrogens is 268 g/mol. The van der Waals surface area contributed by atoms with E-state index in [1.54, 1.807) is 0 Å². The predicted molar refractivity (Wildman–Crippen MR) is 83.4 cm³/mol. The molecule has 0 bridgehead atoms. The lowest BCUT2D eigenvalue weighted by atomic mass is 10.1. The topological polar surface area (TPSA) is 69.6 Å². The Kier molecular flexibility index (Phi) is 8.16. The minimum Gasteiger partial charge on any atom is -0.480 e. The van der Waals surface area contributed by atoms with Crippen LogP contribution in [0.15, 0.2) is 0 Å². The first-order valence-electron chi connectivity index (χ1n) is 8.33. The maximum absolute atomic E-state index is 12.3. The maximum atomic E-state index is 12.3. The molecule has 21 heavy (non-hydrogen) atoms. The summed E-state index contributed by atoms with van der Waals surface area (Å²) >= 11 is 0. The normalized spacial score (nSPS) is 16.7. The van der Waals surface area contributed by atoms with Gasteiger partial charge >= 0.3 is 12.0 Å². The van der Waals surface area contributed by atoms with Gasteiger partial charge in [-0.05, 0) is 26.2 Å². The molecule has 0 spiro atoms. The van der Waals surface area contributed by atoms with E-state index < -0.39 is 5.97 Å². The Labute approximate surface area is 128 Å². The van der Waals surface area contributed by atoms with Gasteiger partial charge in [0.05, 0.1) is 0 Å². The molecule has 2 N–H and O–H groups in total.